The van der Waals surface area contributed by atoms with Gasteiger partial charge in [-0.05, 0) is 156 Å². The Kier molecular flexibility index (Phi) is 40.1. The van der Waals surface area contributed by atoms with Crippen LogP contribution < -0.4 is 52.1 Å². The van der Waals surface area contributed by atoms with Gasteiger partial charge in [-0.1, -0.05) is 126 Å². The summed E-state index contributed by atoms with van der Waals surface area (Å²) in [5.74, 6) is 0.0413. The molecule has 0 bridgehead atoms. The van der Waals surface area contributed by atoms with E-state index in [2.05, 4.69) is 82.5 Å². The van der Waals surface area contributed by atoms with E-state index in [0.29, 0.717) is 62.9 Å². The summed E-state index contributed by atoms with van der Waals surface area (Å²) >= 11 is 0. The molecule has 1 aliphatic carbocycles. The number of ether oxygens (including phenoxy) is 5. The van der Waals surface area contributed by atoms with Crippen LogP contribution in [0.4, 0.5) is 22.0 Å². The van der Waals surface area contributed by atoms with Gasteiger partial charge in [0.15, 0.2) is 0 Å². The van der Waals surface area contributed by atoms with Crippen LogP contribution in [0.5, 0.6) is 28.7 Å². The second-order valence-corrected chi connectivity index (χ2v) is 28.7. The van der Waals surface area contributed by atoms with Gasteiger partial charge in [0, 0.05) is 284 Å². The molecule has 5 aromatic heterocycles. The Morgan fingerprint density at radius 3 is 0.891 bits per heavy atom. The van der Waals surface area contributed by atoms with Crippen LogP contribution in [-0.4, -0.2) is 99.0 Å². The van der Waals surface area contributed by atoms with E-state index in [1.165, 1.54) is 98.7 Å². The molecular weight excluding hydrogens is 2040 g/mol. The molecule has 1 fully saturated rings. The van der Waals surface area contributed by atoms with E-state index >= 15 is 0 Å². The summed E-state index contributed by atoms with van der Waals surface area (Å²) in [6.45, 7) is 17.6. The molecule has 651 valence electrons. The van der Waals surface area contributed by atoms with Crippen molar-refractivity contribution in [2.24, 2.45) is 35.2 Å². The largest absolute Gasteiger partial charge is 0.514 e. The molecule has 1 saturated carbocycles. The van der Waals surface area contributed by atoms with Gasteiger partial charge in [-0.2, -0.15) is 83.2 Å². The molecule has 5 heterocycles. The zero-order chi connectivity index (χ0) is 88.0. The zero-order valence-corrected chi connectivity index (χ0v) is 86.7. The molecule has 0 saturated heterocycles. The number of aromatic nitrogens is 20. The van der Waals surface area contributed by atoms with Crippen molar-refractivity contribution in [2.45, 2.75) is 121 Å². The summed E-state index contributed by atoms with van der Waals surface area (Å²) in [7, 11) is 7.68. The van der Waals surface area contributed by atoms with Crippen molar-refractivity contribution in [1.82, 2.24) is 99.0 Å². The third-order valence-electron chi connectivity index (χ3n) is 20.0. The molecule has 0 aliphatic heterocycles. The van der Waals surface area contributed by atoms with Crippen molar-refractivity contribution in [3.8, 4) is 57.2 Å². The van der Waals surface area contributed by atoms with Gasteiger partial charge in [0.25, 0.3) is 0 Å². The van der Waals surface area contributed by atoms with E-state index < -0.39 is 29.1 Å². The van der Waals surface area contributed by atoms with Gasteiger partial charge in [-0.25, -0.2) is 41.5 Å². The van der Waals surface area contributed by atoms with Gasteiger partial charge in [-0.15, -0.1) is 58.1 Å². The van der Waals surface area contributed by atoms with Gasteiger partial charge in [-0.3, -0.25) is 4.39 Å². The number of nitrogens with zero attached hydrogens (tertiary/aromatic N) is 20. The molecule has 0 amide bonds. The molecule has 0 unspecified atom stereocenters. The SMILES string of the molecule is CCc1cccc(-n2nnn(C)c2=O)c1COc1cc(F)[c-]cc1C.Cc1c[c-]c(F)cc1OCc1c(C)cccc1-n1nnn(C)c1=O.Cc1c[c-]c(F)cc1OCc1c(C)cccc1-n1nnn(C)c1=O.Cc1c[c-]c(F)cc1OCc1c(C2CC2)cccc1-n1nnn(C)c1=O.Cc1cccc(-n2nnn(C)c2=O)c1COc1c(C)c[c-]cc1F.[Y].[Y].[Y].[Y].[Y]. The third kappa shape index (κ3) is 25.9. The van der Waals surface area contributed by atoms with Crippen LogP contribution in [0.1, 0.15) is 109 Å². The van der Waals surface area contributed by atoms with Crippen molar-refractivity contribution >= 4 is 0 Å². The minimum absolute atomic E-state index is 0. The van der Waals surface area contributed by atoms with E-state index in [4.69, 9.17) is 23.7 Å². The molecule has 0 spiro atoms. The minimum Gasteiger partial charge on any atom is -0.514 e. The average Bonchev–Trinajstić information content (AvgIpc) is 1.63. The topological polar surface area (TPSA) is 310 Å². The van der Waals surface area contributed by atoms with E-state index in [9.17, 15) is 45.9 Å². The van der Waals surface area contributed by atoms with E-state index in [1.807, 2.05) is 122 Å². The Morgan fingerprint density at radius 2 is 0.602 bits per heavy atom. The summed E-state index contributed by atoms with van der Waals surface area (Å²) in [6.07, 6.45) is 2.98. The van der Waals surface area contributed by atoms with Crippen LogP contribution in [-0.2, 0) is 238 Å². The van der Waals surface area contributed by atoms with E-state index in [-0.39, 0.29) is 231 Å². The van der Waals surface area contributed by atoms with E-state index in [1.54, 1.807) is 56.4 Å². The molecular formula is C88H84F5N20O10Y5-5. The monoisotopic (exact) mass is 2120 g/mol. The molecule has 10 aromatic carbocycles. The average molecular weight is 2120 g/mol. The molecule has 40 heteroatoms. The second kappa shape index (κ2) is 48.6. The summed E-state index contributed by atoms with van der Waals surface area (Å²) in [4.78, 5) is 60.8. The molecule has 0 atom stereocenters. The number of aryl methyl sites for hydroxylation is 14. The molecule has 30 nitrogen and oxygen atoms in total. The number of tetrazole rings is 5. The first-order valence-electron chi connectivity index (χ1n) is 38.4. The first kappa shape index (κ1) is 106. The van der Waals surface area contributed by atoms with E-state index in [0.717, 1.165) is 116 Å². The molecule has 0 N–H and O–H groups in total. The van der Waals surface area contributed by atoms with Gasteiger partial charge < -0.3 is 23.7 Å². The third-order valence-corrected chi connectivity index (χ3v) is 20.0. The Morgan fingerprint density at radius 1 is 0.328 bits per heavy atom. The van der Waals surface area contributed by atoms with Gasteiger partial charge in [0.1, 0.15) is 33.0 Å². The predicted molar refractivity (Wildman–Crippen MR) is 440 cm³/mol. The van der Waals surface area contributed by atoms with Crippen LogP contribution in [0.25, 0.3) is 28.4 Å². The van der Waals surface area contributed by atoms with Crippen LogP contribution in [0.2, 0.25) is 0 Å². The fourth-order valence-electron chi connectivity index (χ4n) is 12.8. The van der Waals surface area contributed by atoms with Crippen molar-refractivity contribution in [2.75, 3.05) is 0 Å². The quantitative estimate of drug-likeness (QED) is 0.0449. The van der Waals surface area contributed by atoms with Crippen LogP contribution >= 0.6 is 0 Å². The molecule has 128 heavy (non-hydrogen) atoms. The van der Waals surface area contributed by atoms with Crippen LogP contribution in [0, 0.1) is 115 Å². The predicted octanol–water partition coefficient (Wildman–Crippen LogP) is 11.3. The van der Waals surface area contributed by atoms with Crippen LogP contribution in [0.3, 0.4) is 0 Å². The molecule has 16 rings (SSSR count). The summed E-state index contributed by atoms with van der Waals surface area (Å²) in [6, 6.07) is 54.9. The maximum absolute atomic E-state index is 13.9. The fraction of sp³-hybridized carbons (Fsp3) is 0.261. The van der Waals surface area contributed by atoms with Crippen molar-refractivity contribution in [3.63, 3.8) is 0 Å². The summed E-state index contributed by atoms with van der Waals surface area (Å²) < 4.78 is 108. The number of benzene rings is 10. The number of hydrogen-bond donors (Lipinski definition) is 0. The van der Waals surface area contributed by atoms with Crippen molar-refractivity contribution in [3.05, 3.63) is 347 Å². The zero-order valence-electron chi connectivity index (χ0n) is 72.5. The molecule has 15 aromatic rings. The number of hydrogen-bond acceptors (Lipinski definition) is 20. The molecule has 1 aliphatic rings. The Balaban J connectivity index is 0.000000217. The first-order valence-corrected chi connectivity index (χ1v) is 38.4. The Labute approximate surface area is 858 Å². The summed E-state index contributed by atoms with van der Waals surface area (Å²) in [5, 5.41) is 38.2. The van der Waals surface area contributed by atoms with Crippen LogP contribution in [0.15, 0.2) is 176 Å². The minimum atomic E-state index is -0.481. The molecule has 5 radical (unpaired) electrons. The van der Waals surface area contributed by atoms with Gasteiger partial charge in [0.2, 0.25) is 0 Å². The van der Waals surface area contributed by atoms with Gasteiger partial charge >= 0.3 is 28.4 Å². The standard InChI is InChI=1S/C19H18FN4O2.C18H18FN4O2.3C17H16FN4O2.5Y/c1-12-6-9-14(20)10-18(12)26-11-16-15(13-7-8-13)4-3-5-17(16)24-19(25)23(2)21-22-24;1-4-13-6-5-7-16(23-18(24)22(3)20-21-23)15(13)11-25-17-10-14(19)9-8-12(17)2;1-11-6-5-9-15(22-17(23)21(3)19-20-22)13(11)10-24-16-12(2)7-4-8-14(16)18;2*1-11-5-4-6-15(22-17(23)21(3)19-20-22)14(11)10-24-16-9-13(18)8-7-12(16)2;;;;;/h3-6,10,13H,7-8,11H2,1-2H3;5-8,10H,4,11H2,1-3H3;5-9H,10H2,1-3H3;2*4-7,9H,10H2,1-3H3;;;;;/q5*-1;;;;;. The maximum atomic E-state index is 13.9. The van der Waals surface area contributed by atoms with Crippen molar-refractivity contribution in [1.29, 1.82) is 0 Å². The normalized spacial score (nSPS) is 11.0. The second-order valence-electron chi connectivity index (χ2n) is 28.7. The fourth-order valence-corrected chi connectivity index (χ4v) is 12.8. The smallest absolute Gasteiger partial charge is 0.368 e. The first-order chi connectivity index (χ1) is 59.0. The Hall–Kier alpha value is -9.28. The Bertz CT molecular complexity index is 6510. The number of rotatable bonds is 22. The maximum Gasteiger partial charge on any atom is 0.368 e. The number of halogens is 5. The van der Waals surface area contributed by atoms with Crippen molar-refractivity contribution < 1.29 is 209 Å². The van der Waals surface area contributed by atoms with Gasteiger partial charge in [0.05, 0.1) is 28.4 Å². The summed E-state index contributed by atoms with van der Waals surface area (Å²) in [5.41, 5.74) is 14.0.